The summed E-state index contributed by atoms with van der Waals surface area (Å²) in [5.74, 6) is -0.154. The Hall–Kier alpha value is -2.74. The van der Waals surface area contributed by atoms with Crippen molar-refractivity contribution in [3.05, 3.63) is 53.2 Å². The molecule has 1 fully saturated rings. The molecule has 148 valence electrons. The zero-order valence-electron chi connectivity index (χ0n) is 15.6. The number of fused-ring (bicyclic) bond motifs is 1. The Balaban J connectivity index is 1.48. The van der Waals surface area contributed by atoms with Crippen LogP contribution in [0.2, 0.25) is 0 Å². The summed E-state index contributed by atoms with van der Waals surface area (Å²) in [4.78, 5) is 22.4. The van der Waals surface area contributed by atoms with Gasteiger partial charge in [-0.2, -0.15) is 0 Å². The van der Waals surface area contributed by atoms with Crippen LogP contribution in [0.4, 0.5) is 25.1 Å². The zero-order valence-corrected chi connectivity index (χ0v) is 15.6. The fraction of sp³-hybridized carbons (Fsp3) is 0.400. The second kappa shape index (κ2) is 7.35. The van der Waals surface area contributed by atoms with E-state index in [1.54, 1.807) is 34.9 Å². The average Bonchev–Trinajstić information content (AvgIpc) is 2.71. The molecule has 2 amide bonds. The van der Waals surface area contributed by atoms with Gasteiger partial charge in [0.25, 0.3) is 0 Å². The predicted molar refractivity (Wildman–Crippen MR) is 101 cm³/mol. The number of amides is 2. The number of pyridine rings is 1. The average molecular weight is 388 g/mol. The van der Waals surface area contributed by atoms with E-state index in [1.165, 1.54) is 12.3 Å². The van der Waals surface area contributed by atoms with E-state index in [2.05, 4.69) is 4.98 Å². The number of nitrogens with zero attached hydrogens (tertiary/aromatic N) is 4. The molecule has 1 unspecified atom stereocenters. The fourth-order valence-electron chi connectivity index (χ4n) is 3.81. The molecule has 4 rings (SSSR count). The molecule has 1 aromatic carbocycles. The van der Waals surface area contributed by atoms with Crippen molar-refractivity contribution >= 4 is 17.5 Å². The van der Waals surface area contributed by atoms with Crippen LogP contribution in [-0.2, 0) is 0 Å². The highest BCUT2D eigenvalue weighted by atomic mass is 19.1. The number of benzene rings is 1. The van der Waals surface area contributed by atoms with Gasteiger partial charge >= 0.3 is 6.03 Å². The molecule has 2 aliphatic rings. The molecule has 2 aromatic rings. The molecule has 6 nitrogen and oxygen atoms in total. The number of anilines is 2. The third-order valence-corrected chi connectivity index (χ3v) is 5.42. The number of aromatic nitrogens is 1. The topological polar surface area (TPSA) is 59.9 Å². The molecule has 1 N–H and O–H groups in total. The van der Waals surface area contributed by atoms with Crippen LogP contribution < -0.4 is 9.80 Å². The number of piperazine rings is 1. The number of carbonyl (C=O) groups excluding carboxylic acids is 1. The molecule has 1 saturated heterocycles. The van der Waals surface area contributed by atoms with Gasteiger partial charge in [0.05, 0.1) is 18.0 Å². The van der Waals surface area contributed by atoms with Crippen LogP contribution in [0.5, 0.6) is 0 Å². The van der Waals surface area contributed by atoms with E-state index in [0.717, 1.165) is 0 Å². The summed E-state index contributed by atoms with van der Waals surface area (Å²) in [5, 5.41) is 10.2. The van der Waals surface area contributed by atoms with E-state index >= 15 is 0 Å². The highest BCUT2D eigenvalue weighted by Crippen LogP contribution is 2.37. The van der Waals surface area contributed by atoms with Crippen molar-refractivity contribution in [1.29, 1.82) is 0 Å². The van der Waals surface area contributed by atoms with E-state index in [9.17, 15) is 18.7 Å². The first-order valence-corrected chi connectivity index (χ1v) is 9.35. The van der Waals surface area contributed by atoms with Gasteiger partial charge in [-0.15, -0.1) is 0 Å². The second-order valence-electron chi connectivity index (χ2n) is 7.18. The van der Waals surface area contributed by atoms with Gasteiger partial charge in [0.2, 0.25) is 0 Å². The van der Waals surface area contributed by atoms with E-state index in [4.69, 9.17) is 0 Å². The Kier molecular flexibility index (Phi) is 4.89. The summed E-state index contributed by atoms with van der Waals surface area (Å²) >= 11 is 0. The number of aliphatic hydroxyl groups excluding tert-OH is 1. The minimum atomic E-state index is -0.902. The molecular weight excluding hydrogens is 366 g/mol. The number of aliphatic hydroxyl groups is 1. The van der Waals surface area contributed by atoms with Gasteiger partial charge in [-0.25, -0.2) is 18.6 Å². The normalized spacial score (nSPS) is 19.6. The molecule has 8 heteroatoms. The Morgan fingerprint density at radius 2 is 1.86 bits per heavy atom. The number of halogens is 2. The number of hydrogen-bond donors (Lipinski definition) is 1. The quantitative estimate of drug-likeness (QED) is 0.816. The molecule has 3 heterocycles. The molecule has 0 radical (unpaired) electrons. The smallest absolute Gasteiger partial charge is 0.324 e. The van der Waals surface area contributed by atoms with Crippen LogP contribution in [0.3, 0.4) is 0 Å². The minimum Gasteiger partial charge on any atom is -0.388 e. The van der Waals surface area contributed by atoms with Crippen molar-refractivity contribution < 1.29 is 18.7 Å². The SMILES string of the molecule is Cc1ccc2c(c1F)C(O)CCN2C(=O)N1CCN(c2ccc(F)cn2)CC1. The van der Waals surface area contributed by atoms with Crippen molar-refractivity contribution in [2.24, 2.45) is 0 Å². The van der Waals surface area contributed by atoms with Crippen LogP contribution in [0, 0.1) is 18.6 Å². The minimum absolute atomic E-state index is 0.192. The van der Waals surface area contributed by atoms with E-state index in [0.29, 0.717) is 56.2 Å². The van der Waals surface area contributed by atoms with Crippen molar-refractivity contribution in [3.8, 4) is 0 Å². The largest absolute Gasteiger partial charge is 0.388 e. The van der Waals surface area contributed by atoms with Crippen LogP contribution >= 0.6 is 0 Å². The van der Waals surface area contributed by atoms with Crippen LogP contribution in [0.25, 0.3) is 0 Å². The highest BCUT2D eigenvalue weighted by Gasteiger charge is 2.34. The van der Waals surface area contributed by atoms with Crippen molar-refractivity contribution in [2.45, 2.75) is 19.4 Å². The number of hydrogen-bond acceptors (Lipinski definition) is 4. The molecule has 0 aliphatic carbocycles. The monoisotopic (exact) mass is 388 g/mol. The van der Waals surface area contributed by atoms with E-state index in [1.807, 2.05) is 4.90 Å². The summed E-state index contributed by atoms with van der Waals surface area (Å²) in [6.07, 6.45) is 0.582. The van der Waals surface area contributed by atoms with Crippen molar-refractivity contribution in [1.82, 2.24) is 9.88 Å². The number of carbonyl (C=O) groups is 1. The molecule has 1 atom stereocenters. The lowest BCUT2D eigenvalue weighted by molar-refractivity contribution is 0.156. The van der Waals surface area contributed by atoms with Crippen molar-refractivity contribution in [3.63, 3.8) is 0 Å². The lowest BCUT2D eigenvalue weighted by Gasteiger charge is -2.40. The standard InChI is InChI=1S/C20H22F2N4O2/c1-13-2-4-15-18(19(13)22)16(27)6-7-26(15)20(28)25-10-8-24(9-11-25)17-5-3-14(21)12-23-17/h2-5,12,16,27H,6-11H2,1H3. The van der Waals surface area contributed by atoms with E-state index in [-0.39, 0.29) is 17.4 Å². The summed E-state index contributed by atoms with van der Waals surface area (Å²) in [7, 11) is 0. The Bertz CT molecular complexity index is 883. The van der Waals surface area contributed by atoms with Crippen molar-refractivity contribution in [2.75, 3.05) is 42.5 Å². The molecule has 2 aliphatic heterocycles. The van der Waals surface area contributed by atoms with Gasteiger partial charge in [0.15, 0.2) is 0 Å². The molecule has 0 spiro atoms. The van der Waals surface area contributed by atoms with Gasteiger partial charge in [-0.05, 0) is 37.1 Å². The van der Waals surface area contributed by atoms with E-state index < -0.39 is 11.9 Å². The fourth-order valence-corrected chi connectivity index (χ4v) is 3.81. The number of urea groups is 1. The maximum Gasteiger partial charge on any atom is 0.324 e. The number of aryl methyl sites for hydroxylation is 1. The molecule has 28 heavy (non-hydrogen) atoms. The van der Waals surface area contributed by atoms with Gasteiger partial charge < -0.3 is 14.9 Å². The summed E-state index contributed by atoms with van der Waals surface area (Å²) in [6, 6.07) is 6.13. The van der Waals surface area contributed by atoms with Crippen LogP contribution in [0.1, 0.15) is 23.7 Å². The number of rotatable bonds is 1. The van der Waals surface area contributed by atoms with Gasteiger partial charge in [0, 0.05) is 38.3 Å². The highest BCUT2D eigenvalue weighted by molar-refractivity contribution is 5.93. The lowest BCUT2D eigenvalue weighted by atomic mass is 9.96. The first kappa shape index (κ1) is 18.6. The third kappa shape index (κ3) is 3.28. The maximum atomic E-state index is 14.5. The first-order valence-electron chi connectivity index (χ1n) is 9.35. The molecule has 1 aromatic heterocycles. The third-order valence-electron chi connectivity index (χ3n) is 5.42. The first-order chi connectivity index (χ1) is 13.5. The predicted octanol–water partition coefficient (Wildman–Crippen LogP) is 2.85. The molecule has 0 bridgehead atoms. The molecule has 0 saturated carbocycles. The van der Waals surface area contributed by atoms with Gasteiger partial charge in [-0.1, -0.05) is 6.07 Å². The summed E-state index contributed by atoms with van der Waals surface area (Å²) in [5.41, 5.74) is 1.09. The molecular formula is C20H22F2N4O2. The summed E-state index contributed by atoms with van der Waals surface area (Å²) in [6.45, 7) is 4.12. The zero-order chi connectivity index (χ0) is 19.8. The maximum absolute atomic E-state index is 14.5. The Labute approximate surface area is 162 Å². The Morgan fingerprint density at radius 3 is 2.54 bits per heavy atom. The second-order valence-corrected chi connectivity index (χ2v) is 7.18. The summed E-state index contributed by atoms with van der Waals surface area (Å²) < 4.78 is 27.6. The van der Waals surface area contributed by atoms with Gasteiger partial charge in [0.1, 0.15) is 17.5 Å². The van der Waals surface area contributed by atoms with Gasteiger partial charge in [-0.3, -0.25) is 4.90 Å². The lowest BCUT2D eigenvalue weighted by Crippen LogP contribution is -2.54. The Morgan fingerprint density at radius 1 is 1.11 bits per heavy atom. The van der Waals surface area contributed by atoms with Crippen LogP contribution in [-0.4, -0.2) is 53.7 Å². The van der Waals surface area contributed by atoms with Crippen LogP contribution in [0.15, 0.2) is 30.5 Å².